The van der Waals surface area contributed by atoms with Crippen LogP contribution in [-0.2, 0) is 4.74 Å². The van der Waals surface area contributed by atoms with E-state index in [0.717, 1.165) is 18.6 Å². The molecule has 1 saturated heterocycles. The van der Waals surface area contributed by atoms with Crippen molar-refractivity contribution in [3.05, 3.63) is 72.1 Å². The molecule has 9 nitrogen and oxygen atoms in total. The number of para-hydroxylation sites is 1. The van der Waals surface area contributed by atoms with E-state index in [0.29, 0.717) is 35.8 Å². The van der Waals surface area contributed by atoms with Crippen LogP contribution in [0.2, 0.25) is 0 Å². The van der Waals surface area contributed by atoms with Crippen LogP contribution in [0.5, 0.6) is 11.5 Å². The van der Waals surface area contributed by atoms with Crippen molar-refractivity contribution >= 4 is 23.4 Å². The SMILES string of the molecule is CC.CC(C)(C)OC(=O)N1CCC[C@@H](Nc2ncnc(N)c2C(=N)c2ccc(Oc3ccccc3)cc2)C1. The van der Waals surface area contributed by atoms with Gasteiger partial charge in [-0.25, -0.2) is 14.8 Å². The van der Waals surface area contributed by atoms with Gasteiger partial charge in [-0.15, -0.1) is 0 Å². The Kier molecular flexibility index (Phi) is 9.65. The molecule has 1 fully saturated rings. The van der Waals surface area contributed by atoms with Crippen molar-refractivity contribution < 1.29 is 14.3 Å². The Bertz CT molecular complexity index is 1210. The van der Waals surface area contributed by atoms with E-state index in [-0.39, 0.29) is 23.7 Å². The van der Waals surface area contributed by atoms with Gasteiger partial charge < -0.3 is 25.4 Å². The molecule has 38 heavy (non-hydrogen) atoms. The molecule has 1 aliphatic heterocycles. The molecular formula is C29H38N6O3. The number of nitrogen functional groups attached to an aromatic ring is 1. The summed E-state index contributed by atoms with van der Waals surface area (Å²) in [6.45, 7) is 10.7. The number of piperidine rings is 1. The highest BCUT2D eigenvalue weighted by atomic mass is 16.6. The van der Waals surface area contributed by atoms with Crippen molar-refractivity contribution in [1.29, 1.82) is 5.41 Å². The van der Waals surface area contributed by atoms with E-state index in [1.165, 1.54) is 6.33 Å². The number of carbonyl (C=O) groups excluding carboxylic acids is 1. The zero-order chi connectivity index (χ0) is 27.7. The first kappa shape index (κ1) is 28.4. The van der Waals surface area contributed by atoms with Crippen LogP contribution in [0.3, 0.4) is 0 Å². The summed E-state index contributed by atoms with van der Waals surface area (Å²) in [7, 11) is 0. The first-order chi connectivity index (χ1) is 18.2. The van der Waals surface area contributed by atoms with Crippen molar-refractivity contribution in [1.82, 2.24) is 14.9 Å². The third-order valence-corrected chi connectivity index (χ3v) is 5.66. The number of hydrogen-bond acceptors (Lipinski definition) is 8. The van der Waals surface area contributed by atoms with Gasteiger partial charge in [-0.3, -0.25) is 5.41 Å². The quantitative estimate of drug-likeness (QED) is 0.336. The second-order valence-electron chi connectivity index (χ2n) is 9.71. The van der Waals surface area contributed by atoms with Crippen molar-refractivity contribution in [2.24, 2.45) is 0 Å². The second kappa shape index (κ2) is 12.9. The lowest BCUT2D eigenvalue weighted by Crippen LogP contribution is -2.47. The molecule has 1 aromatic heterocycles. The molecule has 1 atom stereocenters. The number of nitrogens with two attached hydrogens (primary N) is 1. The minimum atomic E-state index is -0.553. The van der Waals surface area contributed by atoms with Crippen LogP contribution in [0.4, 0.5) is 16.4 Å². The summed E-state index contributed by atoms with van der Waals surface area (Å²) >= 11 is 0. The number of amides is 1. The predicted molar refractivity (Wildman–Crippen MR) is 151 cm³/mol. The van der Waals surface area contributed by atoms with Crippen LogP contribution in [0.25, 0.3) is 0 Å². The zero-order valence-electron chi connectivity index (χ0n) is 22.8. The van der Waals surface area contributed by atoms with Crippen molar-refractivity contribution in [2.45, 2.75) is 59.1 Å². The number of anilines is 2. The molecule has 1 aliphatic rings. The molecule has 0 saturated carbocycles. The Morgan fingerprint density at radius 2 is 1.71 bits per heavy atom. The smallest absolute Gasteiger partial charge is 0.410 e. The lowest BCUT2D eigenvalue weighted by molar-refractivity contribution is 0.0206. The highest BCUT2D eigenvalue weighted by molar-refractivity contribution is 6.16. The number of ether oxygens (including phenoxy) is 2. The van der Waals surface area contributed by atoms with E-state index >= 15 is 0 Å². The van der Waals surface area contributed by atoms with E-state index in [1.807, 2.05) is 89.2 Å². The first-order valence-electron chi connectivity index (χ1n) is 13.0. The molecule has 202 valence electrons. The summed E-state index contributed by atoms with van der Waals surface area (Å²) in [4.78, 5) is 22.8. The third-order valence-electron chi connectivity index (χ3n) is 5.66. The Balaban J connectivity index is 0.00000195. The summed E-state index contributed by atoms with van der Waals surface area (Å²) in [5.41, 5.74) is 6.92. The highest BCUT2D eigenvalue weighted by Crippen LogP contribution is 2.27. The van der Waals surface area contributed by atoms with Gasteiger partial charge in [-0.05, 0) is 70.0 Å². The fourth-order valence-corrected chi connectivity index (χ4v) is 3.99. The monoisotopic (exact) mass is 518 g/mol. The molecule has 9 heteroatoms. The minimum absolute atomic E-state index is 0.0613. The number of nitrogens with zero attached hydrogens (tertiary/aromatic N) is 3. The van der Waals surface area contributed by atoms with Crippen molar-refractivity contribution in [3.63, 3.8) is 0 Å². The summed E-state index contributed by atoms with van der Waals surface area (Å²) < 4.78 is 11.4. The van der Waals surface area contributed by atoms with Crippen LogP contribution in [0, 0.1) is 5.41 Å². The maximum absolute atomic E-state index is 12.6. The predicted octanol–water partition coefficient (Wildman–Crippen LogP) is 6.10. The topological polar surface area (TPSA) is 126 Å². The molecule has 4 rings (SSSR count). The van der Waals surface area contributed by atoms with E-state index in [2.05, 4.69) is 15.3 Å². The number of likely N-dealkylation sites (tertiary alicyclic amines) is 1. The van der Waals surface area contributed by atoms with E-state index in [1.54, 1.807) is 4.90 Å². The van der Waals surface area contributed by atoms with E-state index < -0.39 is 5.60 Å². The number of hydrogen-bond donors (Lipinski definition) is 3. The summed E-state index contributed by atoms with van der Waals surface area (Å²) in [6.07, 6.45) is 2.72. The molecule has 0 unspecified atom stereocenters. The van der Waals surface area contributed by atoms with Gasteiger partial charge in [-0.1, -0.05) is 32.0 Å². The summed E-state index contributed by atoms with van der Waals surface area (Å²) in [5.74, 6) is 2.08. The number of benzene rings is 2. The van der Waals surface area contributed by atoms with Crippen molar-refractivity contribution in [2.75, 3.05) is 24.1 Å². The Labute approximate surface area is 224 Å². The Morgan fingerprint density at radius 3 is 2.37 bits per heavy atom. The molecule has 2 heterocycles. The van der Waals surface area contributed by atoms with Crippen molar-refractivity contribution in [3.8, 4) is 11.5 Å². The maximum atomic E-state index is 12.6. The van der Waals surface area contributed by atoms with Crippen LogP contribution < -0.4 is 15.8 Å². The van der Waals surface area contributed by atoms with Gasteiger partial charge in [0.25, 0.3) is 0 Å². The Morgan fingerprint density at radius 1 is 1.05 bits per heavy atom. The van der Waals surface area contributed by atoms with Crippen LogP contribution in [-0.4, -0.2) is 51.4 Å². The molecule has 4 N–H and O–H groups in total. The molecule has 1 amide bonds. The van der Waals surface area contributed by atoms with Crippen LogP contribution in [0.1, 0.15) is 58.6 Å². The largest absolute Gasteiger partial charge is 0.457 e. The molecule has 0 aliphatic carbocycles. The fraction of sp³-hybridized carbons (Fsp3) is 0.379. The normalized spacial score (nSPS) is 15.1. The number of nitrogens with one attached hydrogen (secondary N) is 2. The molecule has 3 aromatic rings. The van der Waals surface area contributed by atoms with Gasteiger partial charge in [0, 0.05) is 24.7 Å². The van der Waals surface area contributed by atoms with E-state index in [9.17, 15) is 4.79 Å². The molecule has 0 bridgehead atoms. The maximum Gasteiger partial charge on any atom is 0.410 e. The number of aromatic nitrogens is 2. The van der Waals surface area contributed by atoms with Crippen LogP contribution >= 0.6 is 0 Å². The second-order valence-corrected chi connectivity index (χ2v) is 9.71. The van der Waals surface area contributed by atoms with E-state index in [4.69, 9.17) is 20.6 Å². The van der Waals surface area contributed by atoms with Gasteiger partial charge >= 0.3 is 6.09 Å². The third kappa shape index (κ3) is 7.68. The van der Waals surface area contributed by atoms with Gasteiger partial charge in [0.1, 0.15) is 35.1 Å². The summed E-state index contributed by atoms with van der Waals surface area (Å²) in [5, 5.41) is 12.2. The zero-order valence-corrected chi connectivity index (χ0v) is 22.8. The van der Waals surface area contributed by atoms with Gasteiger partial charge in [-0.2, -0.15) is 0 Å². The van der Waals surface area contributed by atoms with Crippen LogP contribution in [0.15, 0.2) is 60.9 Å². The molecule has 0 spiro atoms. The Hall–Kier alpha value is -4.14. The fourth-order valence-electron chi connectivity index (χ4n) is 3.99. The van der Waals surface area contributed by atoms with Gasteiger partial charge in [0.05, 0.1) is 11.3 Å². The van der Waals surface area contributed by atoms with Gasteiger partial charge in [0.2, 0.25) is 0 Å². The highest BCUT2D eigenvalue weighted by Gasteiger charge is 2.29. The number of rotatable bonds is 6. The average molecular weight is 519 g/mol. The molecule has 2 aromatic carbocycles. The lowest BCUT2D eigenvalue weighted by atomic mass is 10.0. The molecular weight excluding hydrogens is 480 g/mol. The van der Waals surface area contributed by atoms with Gasteiger partial charge in [0.15, 0.2) is 0 Å². The standard InChI is InChI=1S/C27H32N6O3.C2H6/c1-27(2,3)36-26(34)33-15-7-8-19(16-33)32-25-22(24(29)30-17-31-25)23(28)18-11-13-21(14-12-18)35-20-9-5-4-6-10-20;1-2/h4-6,9-14,17,19,28H,7-8,15-16H2,1-3H3,(H3,29,30,31,32);1-2H3/t19-;/m1./s1. The minimum Gasteiger partial charge on any atom is -0.457 e. The first-order valence-corrected chi connectivity index (χ1v) is 13.0. The average Bonchev–Trinajstić information content (AvgIpc) is 2.90. The molecule has 0 radical (unpaired) electrons. The lowest BCUT2D eigenvalue weighted by Gasteiger charge is -2.34. The summed E-state index contributed by atoms with van der Waals surface area (Å²) in [6, 6.07) is 16.7. The number of carbonyl (C=O) groups is 1.